The number of carbonyl (C=O) groups is 1. The highest BCUT2D eigenvalue weighted by Crippen LogP contribution is 2.33. The summed E-state index contributed by atoms with van der Waals surface area (Å²) in [5.74, 6) is -0.126. The molecule has 0 saturated carbocycles. The molecule has 0 saturated heterocycles. The van der Waals surface area contributed by atoms with Gasteiger partial charge in [-0.2, -0.15) is 0 Å². The van der Waals surface area contributed by atoms with Gasteiger partial charge in [0.05, 0.1) is 17.8 Å². The van der Waals surface area contributed by atoms with Gasteiger partial charge in [0.1, 0.15) is 4.21 Å². The van der Waals surface area contributed by atoms with E-state index in [0.717, 1.165) is 5.56 Å². The Balaban J connectivity index is 1.99. The van der Waals surface area contributed by atoms with E-state index in [2.05, 4.69) is 10.0 Å². The fourth-order valence-electron chi connectivity index (χ4n) is 2.16. The minimum absolute atomic E-state index is 0.126. The summed E-state index contributed by atoms with van der Waals surface area (Å²) in [7, 11) is -3.62. The van der Waals surface area contributed by atoms with Crippen LogP contribution >= 0.6 is 11.3 Å². The Labute approximate surface area is 120 Å². The zero-order chi connectivity index (χ0) is 14.3. The Bertz CT molecular complexity index is 794. The van der Waals surface area contributed by atoms with Crippen molar-refractivity contribution in [2.75, 3.05) is 10.0 Å². The highest BCUT2D eigenvalue weighted by molar-refractivity contribution is 7.94. The summed E-state index contributed by atoms with van der Waals surface area (Å²) < 4.78 is 27.5. The Morgan fingerprint density at radius 2 is 2.10 bits per heavy atom. The van der Waals surface area contributed by atoms with Gasteiger partial charge in [0.25, 0.3) is 10.0 Å². The minimum atomic E-state index is -3.62. The van der Waals surface area contributed by atoms with E-state index in [4.69, 9.17) is 0 Å². The van der Waals surface area contributed by atoms with Gasteiger partial charge in [0, 0.05) is 0 Å². The molecule has 20 heavy (non-hydrogen) atoms. The molecular formula is C13H12N2O3S2. The number of aryl methyl sites for hydroxylation is 1. The Morgan fingerprint density at radius 3 is 2.80 bits per heavy atom. The third kappa shape index (κ3) is 2.19. The number of benzene rings is 1. The summed E-state index contributed by atoms with van der Waals surface area (Å²) in [6.45, 7) is 1.75. The molecule has 1 amide bonds. The van der Waals surface area contributed by atoms with Crippen molar-refractivity contribution in [3.63, 3.8) is 0 Å². The summed E-state index contributed by atoms with van der Waals surface area (Å²) in [5, 5.41) is 4.42. The Morgan fingerprint density at radius 1 is 1.30 bits per heavy atom. The molecule has 104 valence electrons. The fraction of sp³-hybridized carbons (Fsp3) is 0.154. The average Bonchev–Trinajstić information content (AvgIpc) is 2.94. The van der Waals surface area contributed by atoms with E-state index in [1.807, 2.05) is 0 Å². The minimum Gasteiger partial charge on any atom is -0.324 e. The number of hydrogen-bond donors (Lipinski definition) is 2. The van der Waals surface area contributed by atoms with Crippen molar-refractivity contribution >= 4 is 38.6 Å². The van der Waals surface area contributed by atoms with Crippen molar-refractivity contribution in [2.24, 2.45) is 0 Å². The summed E-state index contributed by atoms with van der Waals surface area (Å²) in [6.07, 6.45) is 0.281. The predicted octanol–water partition coefficient (Wildman–Crippen LogP) is 2.35. The van der Waals surface area contributed by atoms with Gasteiger partial charge in [0.2, 0.25) is 5.91 Å². The van der Waals surface area contributed by atoms with Crippen molar-refractivity contribution < 1.29 is 13.2 Å². The van der Waals surface area contributed by atoms with Crippen LogP contribution in [0.4, 0.5) is 11.4 Å². The molecule has 1 aromatic heterocycles. The fourth-order valence-corrected chi connectivity index (χ4v) is 4.65. The molecule has 0 bridgehead atoms. The molecule has 0 fully saturated rings. The molecule has 2 N–H and O–H groups in total. The first-order chi connectivity index (χ1) is 9.47. The number of thiophene rings is 1. The van der Waals surface area contributed by atoms with Crippen LogP contribution in [-0.4, -0.2) is 14.3 Å². The third-order valence-corrected chi connectivity index (χ3v) is 6.12. The second-order valence-electron chi connectivity index (χ2n) is 4.56. The van der Waals surface area contributed by atoms with Crippen LogP contribution in [0.5, 0.6) is 0 Å². The second-order valence-corrected chi connectivity index (χ2v) is 7.36. The first kappa shape index (κ1) is 13.1. The van der Waals surface area contributed by atoms with Gasteiger partial charge in [-0.1, -0.05) is 12.1 Å². The highest BCUT2D eigenvalue weighted by Gasteiger charge is 2.24. The normalized spacial score (nSPS) is 13.9. The molecule has 2 heterocycles. The van der Waals surface area contributed by atoms with Gasteiger partial charge in [-0.3, -0.25) is 9.52 Å². The molecule has 5 nitrogen and oxygen atoms in total. The molecule has 1 aliphatic rings. The van der Waals surface area contributed by atoms with E-state index >= 15 is 0 Å². The number of rotatable bonds is 3. The lowest BCUT2D eigenvalue weighted by Gasteiger charge is -2.11. The second kappa shape index (κ2) is 4.60. The molecule has 1 aromatic carbocycles. The maximum atomic E-state index is 12.4. The molecule has 2 aromatic rings. The molecule has 7 heteroatoms. The number of fused-ring (bicyclic) bond motifs is 1. The first-order valence-corrected chi connectivity index (χ1v) is 8.32. The van der Waals surface area contributed by atoms with E-state index in [1.165, 1.54) is 11.3 Å². The number of para-hydroxylation sites is 1. The van der Waals surface area contributed by atoms with Crippen LogP contribution in [0.1, 0.15) is 11.1 Å². The van der Waals surface area contributed by atoms with Gasteiger partial charge < -0.3 is 5.32 Å². The summed E-state index contributed by atoms with van der Waals surface area (Å²) in [6, 6.07) is 6.95. The number of hydrogen-bond acceptors (Lipinski definition) is 4. The monoisotopic (exact) mass is 308 g/mol. The van der Waals surface area contributed by atoms with Gasteiger partial charge in [-0.25, -0.2) is 8.42 Å². The van der Waals surface area contributed by atoms with Gasteiger partial charge in [-0.15, -0.1) is 11.3 Å². The highest BCUT2D eigenvalue weighted by atomic mass is 32.2. The Hall–Kier alpha value is -1.86. The van der Waals surface area contributed by atoms with E-state index in [1.54, 1.807) is 36.6 Å². The van der Waals surface area contributed by atoms with E-state index in [-0.39, 0.29) is 12.3 Å². The molecule has 3 rings (SSSR count). The van der Waals surface area contributed by atoms with Gasteiger partial charge >= 0.3 is 0 Å². The van der Waals surface area contributed by atoms with E-state index in [9.17, 15) is 13.2 Å². The van der Waals surface area contributed by atoms with Crippen LogP contribution in [0, 0.1) is 6.92 Å². The average molecular weight is 308 g/mol. The van der Waals surface area contributed by atoms with Crippen LogP contribution in [0.3, 0.4) is 0 Å². The lowest BCUT2D eigenvalue weighted by Crippen LogP contribution is -2.14. The van der Waals surface area contributed by atoms with Crippen LogP contribution in [-0.2, 0) is 21.2 Å². The maximum Gasteiger partial charge on any atom is 0.271 e. The van der Waals surface area contributed by atoms with Crippen LogP contribution in [0.15, 0.2) is 33.9 Å². The first-order valence-electron chi connectivity index (χ1n) is 5.96. The number of sulfonamides is 1. The molecule has 0 unspecified atom stereocenters. The van der Waals surface area contributed by atoms with Crippen molar-refractivity contribution in [2.45, 2.75) is 17.6 Å². The predicted molar refractivity (Wildman–Crippen MR) is 78.6 cm³/mol. The summed E-state index contributed by atoms with van der Waals surface area (Å²) >= 11 is 1.17. The van der Waals surface area contributed by atoms with Gasteiger partial charge in [0.15, 0.2) is 0 Å². The van der Waals surface area contributed by atoms with Crippen molar-refractivity contribution in [1.29, 1.82) is 0 Å². The number of nitrogens with one attached hydrogen (secondary N) is 2. The molecule has 0 aliphatic carbocycles. The van der Waals surface area contributed by atoms with E-state index < -0.39 is 10.0 Å². The summed E-state index contributed by atoms with van der Waals surface area (Å²) in [5.41, 5.74) is 2.47. The van der Waals surface area contributed by atoms with Gasteiger partial charge in [-0.05, 0) is 35.6 Å². The quantitative estimate of drug-likeness (QED) is 0.914. The van der Waals surface area contributed by atoms with Crippen LogP contribution < -0.4 is 10.0 Å². The zero-order valence-corrected chi connectivity index (χ0v) is 12.3. The maximum absolute atomic E-state index is 12.4. The van der Waals surface area contributed by atoms with Crippen molar-refractivity contribution in [1.82, 2.24) is 0 Å². The SMILES string of the molecule is Cc1ccsc1S(=O)(=O)Nc1cccc2c1NC(=O)C2. The van der Waals surface area contributed by atoms with Crippen LogP contribution in [0.25, 0.3) is 0 Å². The van der Waals surface area contributed by atoms with Crippen molar-refractivity contribution in [3.8, 4) is 0 Å². The molecule has 0 radical (unpaired) electrons. The topological polar surface area (TPSA) is 75.3 Å². The molecule has 0 atom stereocenters. The van der Waals surface area contributed by atoms with E-state index in [0.29, 0.717) is 21.1 Å². The lowest BCUT2D eigenvalue weighted by molar-refractivity contribution is -0.115. The smallest absolute Gasteiger partial charge is 0.271 e. The number of amides is 1. The largest absolute Gasteiger partial charge is 0.324 e. The van der Waals surface area contributed by atoms with Crippen LogP contribution in [0.2, 0.25) is 0 Å². The summed E-state index contributed by atoms with van der Waals surface area (Å²) in [4.78, 5) is 11.4. The Kier molecular flexibility index (Phi) is 3.02. The zero-order valence-electron chi connectivity index (χ0n) is 10.6. The molecular weight excluding hydrogens is 296 g/mol. The van der Waals surface area contributed by atoms with Crippen molar-refractivity contribution in [3.05, 3.63) is 40.8 Å². The number of carbonyl (C=O) groups excluding carboxylic acids is 1. The molecule has 0 spiro atoms. The standard InChI is InChI=1S/C13H12N2O3S2/c1-8-5-6-19-13(8)20(17,18)15-10-4-2-3-9-7-11(16)14-12(9)10/h2-6,15H,7H2,1H3,(H,14,16). The third-order valence-electron chi connectivity index (χ3n) is 3.07. The molecule has 1 aliphatic heterocycles. The number of anilines is 2. The lowest BCUT2D eigenvalue weighted by atomic mass is 10.1.